The van der Waals surface area contributed by atoms with Gasteiger partial charge in [0.2, 0.25) is 10.0 Å². The molecule has 158 valence electrons. The largest absolute Gasteiger partial charge is 0.367 e. The number of rotatable bonds is 6. The summed E-state index contributed by atoms with van der Waals surface area (Å²) >= 11 is 0. The summed E-state index contributed by atoms with van der Waals surface area (Å²) in [5.41, 5.74) is 1.38. The molecule has 1 N–H and O–H groups in total. The van der Waals surface area contributed by atoms with Gasteiger partial charge in [-0.1, -0.05) is 12.1 Å². The highest BCUT2D eigenvalue weighted by Crippen LogP contribution is 2.32. The number of anilines is 2. The van der Waals surface area contributed by atoms with E-state index < -0.39 is 20.0 Å². The highest BCUT2D eigenvalue weighted by molar-refractivity contribution is 7.92. The summed E-state index contributed by atoms with van der Waals surface area (Å²) in [5, 5.41) is 0. The third kappa shape index (κ3) is 4.57. The standard InChI is InChI=1S/C20H27N3O4S2/c1-16-8-6-7-15-23(16)20-10-5-4-9-19(20)21-28(24,25)17-11-13-18(14-12-17)29(26,27)22(2)3/h4-5,9-14,16,21H,6-8,15H2,1-3H3/t16-/m1/s1. The van der Waals surface area contributed by atoms with Gasteiger partial charge in [0.25, 0.3) is 10.0 Å². The molecule has 1 heterocycles. The van der Waals surface area contributed by atoms with Crippen LogP contribution < -0.4 is 9.62 Å². The molecule has 2 aromatic rings. The first-order valence-corrected chi connectivity index (χ1v) is 12.5. The van der Waals surface area contributed by atoms with E-state index in [4.69, 9.17) is 0 Å². The molecule has 0 aliphatic carbocycles. The van der Waals surface area contributed by atoms with Gasteiger partial charge in [-0.05, 0) is 62.6 Å². The lowest BCUT2D eigenvalue weighted by Gasteiger charge is -2.36. The lowest BCUT2D eigenvalue weighted by atomic mass is 10.0. The number of para-hydroxylation sites is 2. The van der Waals surface area contributed by atoms with Crippen LogP contribution in [0.25, 0.3) is 0 Å². The lowest BCUT2D eigenvalue weighted by molar-refractivity contribution is 0.485. The molecule has 1 fully saturated rings. The van der Waals surface area contributed by atoms with E-state index in [-0.39, 0.29) is 9.79 Å². The first kappa shape index (κ1) is 21.6. The van der Waals surface area contributed by atoms with Crippen molar-refractivity contribution >= 4 is 31.4 Å². The summed E-state index contributed by atoms with van der Waals surface area (Å²) in [4.78, 5) is 2.29. The molecular weight excluding hydrogens is 410 g/mol. The van der Waals surface area contributed by atoms with Gasteiger partial charge >= 0.3 is 0 Å². The quantitative estimate of drug-likeness (QED) is 0.750. The second-order valence-corrected chi connectivity index (χ2v) is 11.3. The fraction of sp³-hybridized carbons (Fsp3) is 0.400. The normalized spacial score (nSPS) is 18.1. The monoisotopic (exact) mass is 437 g/mol. The van der Waals surface area contributed by atoms with Crippen LogP contribution in [0.1, 0.15) is 26.2 Å². The van der Waals surface area contributed by atoms with Crippen molar-refractivity contribution in [2.75, 3.05) is 30.3 Å². The molecule has 1 aliphatic rings. The fourth-order valence-corrected chi connectivity index (χ4v) is 5.45. The molecule has 9 heteroatoms. The molecule has 1 saturated heterocycles. The number of piperidine rings is 1. The van der Waals surface area contributed by atoms with E-state index in [1.165, 1.54) is 44.8 Å². The second kappa shape index (κ2) is 8.33. The number of nitrogens with one attached hydrogen (secondary N) is 1. The maximum absolute atomic E-state index is 12.9. The Hall–Kier alpha value is -2.10. The molecule has 0 unspecified atom stereocenters. The first-order chi connectivity index (χ1) is 13.6. The van der Waals surface area contributed by atoms with Crippen LogP contribution in [0, 0.1) is 0 Å². The van der Waals surface area contributed by atoms with E-state index in [0.717, 1.165) is 29.4 Å². The average Bonchev–Trinajstić information content (AvgIpc) is 2.69. The number of nitrogens with zero attached hydrogens (tertiary/aromatic N) is 2. The lowest BCUT2D eigenvalue weighted by Crippen LogP contribution is -2.38. The molecule has 0 aromatic heterocycles. The van der Waals surface area contributed by atoms with Crippen LogP contribution in [-0.2, 0) is 20.0 Å². The molecule has 29 heavy (non-hydrogen) atoms. The smallest absolute Gasteiger partial charge is 0.261 e. The van der Waals surface area contributed by atoms with Crippen molar-refractivity contribution in [2.45, 2.75) is 42.0 Å². The first-order valence-electron chi connectivity index (χ1n) is 9.54. The fourth-order valence-electron chi connectivity index (χ4n) is 3.47. The minimum atomic E-state index is -3.86. The third-order valence-corrected chi connectivity index (χ3v) is 8.38. The van der Waals surface area contributed by atoms with Gasteiger partial charge in [0.05, 0.1) is 21.2 Å². The van der Waals surface area contributed by atoms with Crippen LogP contribution in [0.4, 0.5) is 11.4 Å². The molecule has 0 spiro atoms. The van der Waals surface area contributed by atoms with Crippen molar-refractivity contribution in [3.8, 4) is 0 Å². The van der Waals surface area contributed by atoms with E-state index >= 15 is 0 Å². The zero-order valence-electron chi connectivity index (χ0n) is 16.9. The average molecular weight is 438 g/mol. The van der Waals surface area contributed by atoms with E-state index in [2.05, 4.69) is 16.5 Å². The molecule has 0 saturated carbocycles. The Bertz CT molecular complexity index is 1070. The predicted octanol–water partition coefficient (Wildman–Crippen LogP) is 3.12. The number of sulfonamides is 2. The zero-order valence-corrected chi connectivity index (χ0v) is 18.5. The van der Waals surface area contributed by atoms with E-state index in [9.17, 15) is 16.8 Å². The summed E-state index contributed by atoms with van der Waals surface area (Å²) in [5.74, 6) is 0. The van der Waals surface area contributed by atoms with Gasteiger partial charge in [0.1, 0.15) is 0 Å². The predicted molar refractivity (Wildman–Crippen MR) is 115 cm³/mol. The SMILES string of the molecule is C[C@@H]1CCCCN1c1ccccc1NS(=O)(=O)c1ccc(S(=O)(=O)N(C)C)cc1. The van der Waals surface area contributed by atoms with Gasteiger partial charge in [-0.3, -0.25) is 4.72 Å². The maximum atomic E-state index is 12.9. The van der Waals surface area contributed by atoms with Crippen LogP contribution in [0.5, 0.6) is 0 Å². The molecule has 1 aliphatic heterocycles. The summed E-state index contributed by atoms with van der Waals surface area (Å²) in [7, 11) is -4.61. The Balaban J connectivity index is 1.89. The highest BCUT2D eigenvalue weighted by atomic mass is 32.2. The molecular formula is C20H27N3O4S2. The van der Waals surface area contributed by atoms with Crippen molar-refractivity contribution in [3.05, 3.63) is 48.5 Å². The van der Waals surface area contributed by atoms with E-state index in [1.807, 2.05) is 12.1 Å². The van der Waals surface area contributed by atoms with Gasteiger partial charge in [-0.15, -0.1) is 0 Å². The zero-order chi connectivity index (χ0) is 21.2. The van der Waals surface area contributed by atoms with Crippen molar-refractivity contribution in [2.24, 2.45) is 0 Å². The van der Waals surface area contributed by atoms with Crippen LogP contribution >= 0.6 is 0 Å². The molecule has 3 rings (SSSR count). The summed E-state index contributed by atoms with van der Waals surface area (Å²) in [6.07, 6.45) is 3.32. The van der Waals surface area contributed by atoms with E-state index in [0.29, 0.717) is 11.7 Å². The summed E-state index contributed by atoms with van der Waals surface area (Å²) < 4.78 is 54.0. The van der Waals surface area contributed by atoms with Crippen molar-refractivity contribution in [3.63, 3.8) is 0 Å². The Morgan fingerprint density at radius 1 is 0.931 bits per heavy atom. The minimum Gasteiger partial charge on any atom is -0.367 e. The van der Waals surface area contributed by atoms with Crippen molar-refractivity contribution in [1.82, 2.24) is 4.31 Å². The van der Waals surface area contributed by atoms with Crippen LogP contribution in [0.15, 0.2) is 58.3 Å². The van der Waals surface area contributed by atoms with Crippen LogP contribution in [-0.4, -0.2) is 47.8 Å². The minimum absolute atomic E-state index is 0.0108. The molecule has 0 amide bonds. The maximum Gasteiger partial charge on any atom is 0.261 e. The van der Waals surface area contributed by atoms with Gasteiger partial charge < -0.3 is 4.90 Å². The molecule has 0 radical (unpaired) electrons. The molecule has 7 nitrogen and oxygen atoms in total. The third-order valence-electron chi connectivity index (χ3n) is 5.17. The van der Waals surface area contributed by atoms with Gasteiger partial charge in [0.15, 0.2) is 0 Å². The van der Waals surface area contributed by atoms with Gasteiger partial charge in [0, 0.05) is 26.7 Å². The van der Waals surface area contributed by atoms with Crippen molar-refractivity contribution < 1.29 is 16.8 Å². The van der Waals surface area contributed by atoms with Crippen LogP contribution in [0.3, 0.4) is 0 Å². The van der Waals surface area contributed by atoms with Gasteiger partial charge in [-0.25, -0.2) is 21.1 Å². The molecule has 1 atom stereocenters. The Morgan fingerprint density at radius 3 is 2.17 bits per heavy atom. The van der Waals surface area contributed by atoms with Crippen molar-refractivity contribution in [1.29, 1.82) is 0 Å². The number of benzene rings is 2. The highest BCUT2D eigenvalue weighted by Gasteiger charge is 2.24. The van der Waals surface area contributed by atoms with Crippen LogP contribution in [0.2, 0.25) is 0 Å². The Kier molecular flexibility index (Phi) is 6.21. The number of hydrogen-bond donors (Lipinski definition) is 1. The summed E-state index contributed by atoms with van der Waals surface area (Å²) in [6, 6.07) is 12.9. The topological polar surface area (TPSA) is 86.8 Å². The van der Waals surface area contributed by atoms with Gasteiger partial charge in [-0.2, -0.15) is 0 Å². The summed E-state index contributed by atoms with van der Waals surface area (Å²) in [6.45, 7) is 3.03. The second-order valence-electron chi connectivity index (χ2n) is 7.42. The van der Waals surface area contributed by atoms with E-state index in [1.54, 1.807) is 12.1 Å². The Morgan fingerprint density at radius 2 is 1.55 bits per heavy atom. The molecule has 0 bridgehead atoms. The molecule has 2 aromatic carbocycles. The number of hydrogen-bond acceptors (Lipinski definition) is 5. The Labute approximate surface area is 173 Å².